The second kappa shape index (κ2) is 5.74. The van der Waals surface area contributed by atoms with Gasteiger partial charge in [0.15, 0.2) is 0 Å². The molecule has 0 saturated carbocycles. The second-order valence-electron chi connectivity index (χ2n) is 4.55. The highest BCUT2D eigenvalue weighted by molar-refractivity contribution is 6.06. The van der Waals surface area contributed by atoms with Gasteiger partial charge >= 0.3 is 0 Å². The van der Waals surface area contributed by atoms with Crippen LogP contribution in [0, 0.1) is 19.7 Å². The molecule has 0 bridgehead atoms. The molecule has 0 aliphatic heterocycles. The molecule has 3 nitrogen and oxygen atoms in total. The molecular weight excluding hydrogens is 257 g/mol. The third-order valence-corrected chi connectivity index (χ3v) is 3.26. The molecule has 0 aliphatic rings. The van der Waals surface area contributed by atoms with Crippen LogP contribution < -0.4 is 10.1 Å². The number of hydrogen-bond donors (Lipinski definition) is 1. The summed E-state index contributed by atoms with van der Waals surface area (Å²) in [6, 6.07) is 9.50. The molecule has 2 aromatic carbocycles. The minimum atomic E-state index is -0.475. The summed E-state index contributed by atoms with van der Waals surface area (Å²) in [4.78, 5) is 12.3. The first-order chi connectivity index (χ1) is 9.52. The Labute approximate surface area is 117 Å². The predicted molar refractivity (Wildman–Crippen MR) is 76.8 cm³/mol. The molecule has 2 aromatic rings. The van der Waals surface area contributed by atoms with E-state index in [1.165, 1.54) is 25.3 Å². The van der Waals surface area contributed by atoms with Crippen LogP contribution in [0.25, 0.3) is 0 Å². The molecule has 0 radical (unpaired) electrons. The monoisotopic (exact) mass is 273 g/mol. The van der Waals surface area contributed by atoms with Gasteiger partial charge in [0.05, 0.1) is 12.7 Å². The van der Waals surface area contributed by atoms with Crippen LogP contribution in [0.2, 0.25) is 0 Å². The summed E-state index contributed by atoms with van der Waals surface area (Å²) in [7, 11) is 1.45. The number of benzene rings is 2. The van der Waals surface area contributed by atoms with E-state index in [0.717, 1.165) is 11.1 Å². The van der Waals surface area contributed by atoms with Crippen LogP contribution in [0.3, 0.4) is 0 Å². The largest absolute Gasteiger partial charge is 0.496 e. The van der Waals surface area contributed by atoms with Crippen molar-refractivity contribution in [3.63, 3.8) is 0 Å². The number of ether oxygens (including phenoxy) is 1. The van der Waals surface area contributed by atoms with Crippen LogP contribution in [0.4, 0.5) is 10.1 Å². The molecule has 20 heavy (non-hydrogen) atoms. The van der Waals surface area contributed by atoms with E-state index < -0.39 is 11.7 Å². The molecule has 0 saturated heterocycles. The van der Waals surface area contributed by atoms with Crippen LogP contribution in [-0.4, -0.2) is 13.0 Å². The van der Waals surface area contributed by atoms with Crippen LogP contribution >= 0.6 is 0 Å². The molecule has 2 rings (SSSR count). The number of methoxy groups -OCH3 is 1. The maximum Gasteiger partial charge on any atom is 0.259 e. The van der Waals surface area contributed by atoms with Gasteiger partial charge in [-0.25, -0.2) is 4.39 Å². The molecule has 0 spiro atoms. The zero-order valence-electron chi connectivity index (χ0n) is 11.7. The first-order valence-corrected chi connectivity index (χ1v) is 6.24. The van der Waals surface area contributed by atoms with E-state index in [9.17, 15) is 9.18 Å². The summed E-state index contributed by atoms with van der Waals surface area (Å²) in [5.41, 5.74) is 2.94. The molecule has 1 N–H and O–H groups in total. The third kappa shape index (κ3) is 2.79. The fourth-order valence-electron chi connectivity index (χ4n) is 1.93. The van der Waals surface area contributed by atoms with E-state index in [1.807, 2.05) is 32.0 Å². The maximum absolute atomic E-state index is 13.3. The molecule has 0 aromatic heterocycles. The Hall–Kier alpha value is -2.36. The molecule has 4 heteroatoms. The summed E-state index contributed by atoms with van der Waals surface area (Å²) >= 11 is 0. The Morgan fingerprint density at radius 1 is 1.20 bits per heavy atom. The Balaban J connectivity index is 2.33. The molecule has 0 atom stereocenters. The van der Waals surface area contributed by atoms with Gasteiger partial charge in [0.1, 0.15) is 11.6 Å². The van der Waals surface area contributed by atoms with Crippen molar-refractivity contribution in [3.05, 3.63) is 58.9 Å². The first kappa shape index (κ1) is 14.1. The standard InChI is InChI=1S/C16H16FNO2/c1-10-5-4-6-14(11(10)2)18-16(19)13-9-12(17)7-8-15(13)20-3/h4-9H,1-3H3,(H,18,19). The lowest BCUT2D eigenvalue weighted by molar-refractivity contribution is 0.102. The number of carbonyl (C=O) groups excluding carboxylic acids is 1. The van der Waals surface area contributed by atoms with Crippen LogP contribution in [0.1, 0.15) is 21.5 Å². The highest BCUT2D eigenvalue weighted by Gasteiger charge is 2.14. The minimum absolute atomic E-state index is 0.174. The fraction of sp³-hybridized carbons (Fsp3) is 0.188. The Morgan fingerprint density at radius 2 is 1.95 bits per heavy atom. The van der Waals surface area contributed by atoms with E-state index in [4.69, 9.17) is 4.74 Å². The number of aryl methyl sites for hydroxylation is 1. The summed E-state index contributed by atoms with van der Waals surface area (Å²) in [5, 5.41) is 2.78. The molecule has 104 valence electrons. The molecule has 0 heterocycles. The number of nitrogens with one attached hydrogen (secondary N) is 1. The van der Waals surface area contributed by atoms with Crippen molar-refractivity contribution in [2.45, 2.75) is 13.8 Å². The summed E-state index contributed by atoms with van der Waals surface area (Å²) in [5.74, 6) is -0.527. The zero-order valence-corrected chi connectivity index (χ0v) is 11.7. The van der Waals surface area contributed by atoms with Crippen LogP contribution in [-0.2, 0) is 0 Å². The zero-order chi connectivity index (χ0) is 14.7. The molecule has 0 aliphatic carbocycles. The van der Waals surface area contributed by atoms with Gasteiger partial charge in [-0.1, -0.05) is 12.1 Å². The van der Waals surface area contributed by atoms with Gasteiger partial charge in [0.25, 0.3) is 5.91 Å². The number of rotatable bonds is 3. The van der Waals surface area contributed by atoms with Gasteiger partial charge in [0, 0.05) is 5.69 Å². The lowest BCUT2D eigenvalue weighted by atomic mass is 10.1. The van der Waals surface area contributed by atoms with Crippen molar-refractivity contribution in [2.24, 2.45) is 0 Å². The SMILES string of the molecule is COc1ccc(F)cc1C(=O)Nc1cccc(C)c1C. The number of anilines is 1. The van der Waals surface area contributed by atoms with Gasteiger partial charge in [-0.3, -0.25) is 4.79 Å². The van der Waals surface area contributed by atoms with Gasteiger partial charge < -0.3 is 10.1 Å². The number of hydrogen-bond acceptors (Lipinski definition) is 2. The number of halogens is 1. The first-order valence-electron chi connectivity index (χ1n) is 6.24. The molecular formula is C16H16FNO2. The average molecular weight is 273 g/mol. The molecule has 1 amide bonds. The summed E-state index contributed by atoms with van der Waals surface area (Å²) in [6.45, 7) is 3.89. The summed E-state index contributed by atoms with van der Waals surface area (Å²) in [6.07, 6.45) is 0. The molecule has 0 fully saturated rings. The lowest BCUT2D eigenvalue weighted by Crippen LogP contribution is -2.14. The maximum atomic E-state index is 13.3. The van der Waals surface area contributed by atoms with E-state index >= 15 is 0 Å². The Bertz CT molecular complexity index is 653. The second-order valence-corrected chi connectivity index (χ2v) is 4.55. The van der Waals surface area contributed by atoms with E-state index in [1.54, 1.807) is 0 Å². The smallest absolute Gasteiger partial charge is 0.259 e. The van der Waals surface area contributed by atoms with E-state index in [2.05, 4.69) is 5.32 Å². The van der Waals surface area contributed by atoms with Crippen molar-refractivity contribution in [1.29, 1.82) is 0 Å². The minimum Gasteiger partial charge on any atom is -0.496 e. The third-order valence-electron chi connectivity index (χ3n) is 3.26. The van der Waals surface area contributed by atoms with Crippen molar-refractivity contribution in [3.8, 4) is 5.75 Å². The van der Waals surface area contributed by atoms with Crippen molar-refractivity contribution in [1.82, 2.24) is 0 Å². The summed E-state index contributed by atoms with van der Waals surface area (Å²) < 4.78 is 18.4. The molecule has 0 unspecified atom stereocenters. The lowest BCUT2D eigenvalue weighted by Gasteiger charge is -2.12. The predicted octanol–water partition coefficient (Wildman–Crippen LogP) is 3.70. The topological polar surface area (TPSA) is 38.3 Å². The Kier molecular flexibility index (Phi) is 4.03. The normalized spacial score (nSPS) is 10.2. The highest BCUT2D eigenvalue weighted by Crippen LogP contribution is 2.23. The fourth-order valence-corrected chi connectivity index (χ4v) is 1.93. The highest BCUT2D eigenvalue weighted by atomic mass is 19.1. The van der Waals surface area contributed by atoms with Gasteiger partial charge in [-0.15, -0.1) is 0 Å². The number of carbonyl (C=O) groups is 1. The van der Waals surface area contributed by atoms with E-state index in [-0.39, 0.29) is 5.56 Å². The van der Waals surface area contributed by atoms with Crippen molar-refractivity contribution >= 4 is 11.6 Å². The van der Waals surface area contributed by atoms with E-state index in [0.29, 0.717) is 11.4 Å². The average Bonchev–Trinajstić information content (AvgIpc) is 2.43. The van der Waals surface area contributed by atoms with Crippen LogP contribution in [0.15, 0.2) is 36.4 Å². The van der Waals surface area contributed by atoms with Gasteiger partial charge in [-0.05, 0) is 49.2 Å². The number of amides is 1. The Morgan fingerprint density at radius 3 is 2.65 bits per heavy atom. The quantitative estimate of drug-likeness (QED) is 0.926. The van der Waals surface area contributed by atoms with Crippen molar-refractivity contribution < 1.29 is 13.9 Å². The van der Waals surface area contributed by atoms with Crippen molar-refractivity contribution in [2.75, 3.05) is 12.4 Å². The van der Waals surface area contributed by atoms with Gasteiger partial charge in [-0.2, -0.15) is 0 Å². The van der Waals surface area contributed by atoms with Gasteiger partial charge in [0.2, 0.25) is 0 Å². The van der Waals surface area contributed by atoms with Crippen LogP contribution in [0.5, 0.6) is 5.75 Å².